The van der Waals surface area contributed by atoms with E-state index in [0.717, 1.165) is 24.7 Å². The quantitative estimate of drug-likeness (QED) is 0.800. The number of hydrogen-bond acceptors (Lipinski definition) is 2. The number of aliphatic hydroxyl groups is 1. The topological polar surface area (TPSA) is 23.5 Å². The molecule has 0 spiro atoms. The average molecular weight is 276 g/mol. The molecule has 0 bridgehead atoms. The zero-order valence-corrected chi connectivity index (χ0v) is 11.0. The molecule has 2 aliphatic rings. The number of aliphatic hydroxyl groups excluding tert-OH is 1. The lowest BCUT2D eigenvalue weighted by atomic mass is 9.70. The highest BCUT2D eigenvalue weighted by atomic mass is 79.9. The Morgan fingerprint density at radius 2 is 2.00 bits per heavy atom. The molecule has 2 nitrogen and oxygen atoms in total. The van der Waals surface area contributed by atoms with Gasteiger partial charge < -0.3 is 10.0 Å². The maximum absolute atomic E-state index is 9.60. The molecule has 1 saturated heterocycles. The number of likely N-dealkylation sites (tertiary alicyclic amines) is 1. The smallest absolute Gasteiger partial charge is 0.0553 e. The monoisotopic (exact) mass is 275 g/mol. The molecule has 1 N–H and O–H groups in total. The molecule has 0 aromatic heterocycles. The van der Waals surface area contributed by atoms with Crippen LogP contribution in [0.1, 0.15) is 38.5 Å². The van der Waals surface area contributed by atoms with Crippen LogP contribution in [-0.2, 0) is 0 Å². The summed E-state index contributed by atoms with van der Waals surface area (Å²) in [6, 6.07) is 0. The van der Waals surface area contributed by atoms with Gasteiger partial charge in [0.2, 0.25) is 0 Å². The molecule has 1 atom stereocenters. The van der Waals surface area contributed by atoms with Gasteiger partial charge in [-0.15, -0.1) is 0 Å². The van der Waals surface area contributed by atoms with E-state index in [1.54, 1.807) is 0 Å². The second-order valence-electron chi connectivity index (χ2n) is 5.35. The van der Waals surface area contributed by atoms with Crippen LogP contribution in [0.5, 0.6) is 0 Å². The summed E-state index contributed by atoms with van der Waals surface area (Å²) in [6.45, 7) is 3.52. The van der Waals surface area contributed by atoms with Crippen LogP contribution in [0.4, 0.5) is 0 Å². The highest BCUT2D eigenvalue weighted by Crippen LogP contribution is 2.43. The van der Waals surface area contributed by atoms with Gasteiger partial charge in [-0.25, -0.2) is 0 Å². The third-order valence-electron chi connectivity index (χ3n) is 4.05. The van der Waals surface area contributed by atoms with Crippen molar-refractivity contribution in [3.63, 3.8) is 0 Å². The van der Waals surface area contributed by atoms with Crippen LogP contribution in [0, 0.1) is 5.41 Å². The zero-order chi connectivity index (χ0) is 10.7. The molecule has 0 amide bonds. The minimum absolute atomic E-state index is 0.0451. The first-order valence-corrected chi connectivity index (χ1v) is 7.33. The Labute approximate surface area is 101 Å². The van der Waals surface area contributed by atoms with Crippen LogP contribution in [0.15, 0.2) is 0 Å². The number of halogens is 1. The second kappa shape index (κ2) is 5.15. The van der Waals surface area contributed by atoms with Crippen molar-refractivity contribution in [2.75, 3.05) is 25.0 Å². The largest absolute Gasteiger partial charge is 0.393 e. The van der Waals surface area contributed by atoms with E-state index in [0.29, 0.717) is 5.41 Å². The molecule has 0 aromatic carbocycles. The van der Waals surface area contributed by atoms with Crippen LogP contribution < -0.4 is 0 Å². The number of alkyl halides is 1. The Hall–Kier alpha value is 0.400. The summed E-state index contributed by atoms with van der Waals surface area (Å²) >= 11 is 3.67. The maximum atomic E-state index is 9.60. The van der Waals surface area contributed by atoms with Crippen molar-refractivity contribution >= 4 is 15.9 Å². The van der Waals surface area contributed by atoms with Gasteiger partial charge >= 0.3 is 0 Å². The molecule has 1 heterocycles. The van der Waals surface area contributed by atoms with E-state index >= 15 is 0 Å². The van der Waals surface area contributed by atoms with Crippen LogP contribution in [0.2, 0.25) is 0 Å². The fraction of sp³-hybridized carbons (Fsp3) is 1.00. The van der Waals surface area contributed by atoms with Crippen molar-refractivity contribution in [1.29, 1.82) is 0 Å². The fourth-order valence-electron chi connectivity index (χ4n) is 2.78. The van der Waals surface area contributed by atoms with Crippen molar-refractivity contribution < 1.29 is 5.11 Å². The van der Waals surface area contributed by atoms with Crippen molar-refractivity contribution in [2.24, 2.45) is 5.41 Å². The molecular weight excluding hydrogens is 254 g/mol. The van der Waals surface area contributed by atoms with E-state index in [2.05, 4.69) is 20.8 Å². The van der Waals surface area contributed by atoms with Gasteiger partial charge in [0.25, 0.3) is 0 Å². The van der Waals surface area contributed by atoms with Gasteiger partial charge in [-0.2, -0.15) is 0 Å². The molecule has 1 aliphatic heterocycles. The molecule has 1 unspecified atom stereocenters. The maximum Gasteiger partial charge on any atom is 0.0553 e. The van der Waals surface area contributed by atoms with Crippen LogP contribution >= 0.6 is 15.9 Å². The second-order valence-corrected chi connectivity index (χ2v) is 5.91. The highest BCUT2D eigenvalue weighted by Gasteiger charge is 2.37. The molecule has 0 aromatic rings. The van der Waals surface area contributed by atoms with Crippen molar-refractivity contribution in [3.8, 4) is 0 Å². The third-order valence-corrected chi connectivity index (χ3v) is 5.24. The van der Waals surface area contributed by atoms with Crippen molar-refractivity contribution in [2.45, 2.75) is 44.6 Å². The predicted molar refractivity (Wildman–Crippen MR) is 66.4 cm³/mol. The number of nitrogens with zero attached hydrogens (tertiary/aromatic N) is 1. The van der Waals surface area contributed by atoms with Crippen molar-refractivity contribution in [3.05, 3.63) is 0 Å². The lowest BCUT2D eigenvalue weighted by Gasteiger charge is -2.44. The van der Waals surface area contributed by atoms with Gasteiger partial charge in [0.15, 0.2) is 0 Å². The van der Waals surface area contributed by atoms with Crippen molar-refractivity contribution in [1.82, 2.24) is 4.90 Å². The van der Waals surface area contributed by atoms with Gasteiger partial charge in [0.1, 0.15) is 0 Å². The summed E-state index contributed by atoms with van der Waals surface area (Å²) in [7, 11) is 0. The van der Waals surface area contributed by atoms with E-state index in [4.69, 9.17) is 0 Å². The van der Waals surface area contributed by atoms with Crippen LogP contribution in [0.25, 0.3) is 0 Å². The predicted octanol–water partition coefficient (Wildman–Crippen LogP) is 2.40. The number of hydrogen-bond donors (Lipinski definition) is 1. The Kier molecular flexibility index (Phi) is 4.08. The molecule has 1 saturated carbocycles. The van der Waals surface area contributed by atoms with E-state index in [9.17, 15) is 5.11 Å². The molecule has 3 heteroatoms. The molecule has 0 radical (unpaired) electrons. The average Bonchev–Trinajstić information content (AvgIpc) is 2.37. The minimum atomic E-state index is -0.0451. The van der Waals surface area contributed by atoms with E-state index < -0.39 is 0 Å². The standard InChI is InChI=1S/C12H22BrNO/c13-9-12(5-2-6-12)10-14-7-1-3-11(15)4-8-14/h11,15H,1-10H2. The van der Waals surface area contributed by atoms with Crippen LogP contribution in [0.3, 0.4) is 0 Å². The Bertz CT molecular complexity index is 200. The molecule has 1 aliphatic carbocycles. The van der Waals surface area contributed by atoms with Gasteiger partial charge in [0, 0.05) is 18.4 Å². The SMILES string of the molecule is OC1CCCN(CC2(CBr)CCC2)CC1. The summed E-state index contributed by atoms with van der Waals surface area (Å²) in [5.74, 6) is 0. The zero-order valence-electron chi connectivity index (χ0n) is 9.42. The highest BCUT2D eigenvalue weighted by molar-refractivity contribution is 9.09. The summed E-state index contributed by atoms with van der Waals surface area (Å²) in [5.41, 5.74) is 0.565. The summed E-state index contributed by atoms with van der Waals surface area (Å²) in [4.78, 5) is 2.57. The molecule has 88 valence electrons. The molecule has 2 fully saturated rings. The molecule has 2 rings (SSSR count). The van der Waals surface area contributed by atoms with Crippen LogP contribution in [-0.4, -0.2) is 41.1 Å². The first kappa shape index (κ1) is 11.9. The van der Waals surface area contributed by atoms with E-state index in [1.165, 1.54) is 38.8 Å². The number of rotatable bonds is 3. The summed E-state index contributed by atoms with van der Waals surface area (Å²) < 4.78 is 0. The summed E-state index contributed by atoms with van der Waals surface area (Å²) in [6.07, 6.45) is 7.27. The minimum Gasteiger partial charge on any atom is -0.393 e. The first-order chi connectivity index (χ1) is 7.24. The third kappa shape index (κ3) is 2.95. The summed E-state index contributed by atoms with van der Waals surface area (Å²) in [5, 5.41) is 10.7. The Balaban J connectivity index is 1.82. The van der Waals surface area contributed by atoms with Gasteiger partial charge in [-0.05, 0) is 44.1 Å². The van der Waals surface area contributed by atoms with E-state index in [-0.39, 0.29) is 6.10 Å². The Morgan fingerprint density at radius 1 is 1.20 bits per heavy atom. The molecular formula is C12H22BrNO. The normalized spacial score (nSPS) is 32.0. The van der Waals surface area contributed by atoms with Gasteiger partial charge in [0.05, 0.1) is 6.10 Å². The lowest BCUT2D eigenvalue weighted by Crippen LogP contribution is -2.44. The van der Waals surface area contributed by atoms with Gasteiger partial charge in [-0.3, -0.25) is 0 Å². The lowest BCUT2D eigenvalue weighted by molar-refractivity contribution is 0.0889. The Morgan fingerprint density at radius 3 is 2.60 bits per heavy atom. The van der Waals surface area contributed by atoms with Gasteiger partial charge in [-0.1, -0.05) is 22.4 Å². The first-order valence-electron chi connectivity index (χ1n) is 6.20. The fourth-order valence-corrected chi connectivity index (χ4v) is 3.52. The van der Waals surface area contributed by atoms with E-state index in [1.807, 2.05) is 0 Å². The molecule has 15 heavy (non-hydrogen) atoms.